The third kappa shape index (κ3) is 4.88. The minimum Gasteiger partial charge on any atom is -0.494 e. The lowest BCUT2D eigenvalue weighted by Gasteiger charge is -2.16. The summed E-state index contributed by atoms with van der Waals surface area (Å²) in [5, 5.41) is 0. The molecule has 3 heteroatoms. The predicted molar refractivity (Wildman–Crippen MR) is 73.8 cm³/mol. The third-order valence-corrected chi connectivity index (χ3v) is 2.72. The summed E-state index contributed by atoms with van der Waals surface area (Å²) in [4.78, 5) is 11.9. The van der Waals surface area contributed by atoms with Crippen LogP contribution in [0.1, 0.15) is 32.8 Å². The van der Waals surface area contributed by atoms with Crippen molar-refractivity contribution >= 4 is 5.78 Å². The van der Waals surface area contributed by atoms with Gasteiger partial charge in [0.2, 0.25) is 0 Å². The van der Waals surface area contributed by atoms with E-state index in [4.69, 9.17) is 10.5 Å². The average molecular weight is 249 g/mol. The lowest BCUT2D eigenvalue weighted by atomic mass is 9.87. The van der Waals surface area contributed by atoms with Crippen molar-refractivity contribution in [2.45, 2.75) is 33.6 Å². The molecule has 0 fully saturated rings. The molecule has 0 unspecified atom stereocenters. The Bertz CT molecular complexity index is 394. The van der Waals surface area contributed by atoms with Crippen molar-refractivity contribution in [2.75, 3.05) is 13.2 Å². The summed E-state index contributed by atoms with van der Waals surface area (Å²) >= 11 is 0. The SMILES string of the molecule is CC(C)(C)C(=O)Cc1cccc(OCCCN)c1. The van der Waals surface area contributed by atoms with Crippen LogP contribution in [0.5, 0.6) is 5.75 Å². The molecular weight excluding hydrogens is 226 g/mol. The first-order valence-electron chi connectivity index (χ1n) is 6.38. The van der Waals surface area contributed by atoms with Crippen LogP contribution in [-0.4, -0.2) is 18.9 Å². The van der Waals surface area contributed by atoms with Crippen molar-refractivity contribution < 1.29 is 9.53 Å². The van der Waals surface area contributed by atoms with Gasteiger partial charge in [0.25, 0.3) is 0 Å². The maximum atomic E-state index is 11.9. The van der Waals surface area contributed by atoms with E-state index in [0.717, 1.165) is 17.7 Å². The summed E-state index contributed by atoms with van der Waals surface area (Å²) in [6.07, 6.45) is 1.29. The van der Waals surface area contributed by atoms with E-state index in [1.165, 1.54) is 0 Å². The molecule has 3 nitrogen and oxygen atoms in total. The molecule has 0 amide bonds. The average Bonchev–Trinajstić information content (AvgIpc) is 2.28. The van der Waals surface area contributed by atoms with E-state index in [2.05, 4.69) is 0 Å². The summed E-state index contributed by atoms with van der Waals surface area (Å²) in [6.45, 7) is 7.07. The van der Waals surface area contributed by atoms with Gasteiger partial charge in [-0.15, -0.1) is 0 Å². The first-order valence-corrected chi connectivity index (χ1v) is 6.38. The molecule has 0 spiro atoms. The molecule has 18 heavy (non-hydrogen) atoms. The van der Waals surface area contributed by atoms with Crippen LogP contribution in [0.4, 0.5) is 0 Å². The molecule has 0 saturated carbocycles. The molecule has 0 aromatic heterocycles. The number of hydrogen-bond donors (Lipinski definition) is 1. The quantitative estimate of drug-likeness (QED) is 0.788. The van der Waals surface area contributed by atoms with E-state index >= 15 is 0 Å². The number of Topliss-reactive ketones (excluding diaryl/α,β-unsaturated/α-hetero) is 1. The van der Waals surface area contributed by atoms with Crippen molar-refractivity contribution in [2.24, 2.45) is 11.1 Å². The minimum absolute atomic E-state index is 0.238. The molecule has 0 atom stereocenters. The largest absolute Gasteiger partial charge is 0.494 e. The highest BCUT2D eigenvalue weighted by molar-refractivity contribution is 5.85. The molecule has 1 aromatic carbocycles. The molecule has 1 rings (SSSR count). The second-order valence-corrected chi connectivity index (χ2v) is 5.49. The summed E-state index contributed by atoms with van der Waals surface area (Å²) < 4.78 is 5.56. The monoisotopic (exact) mass is 249 g/mol. The number of ketones is 1. The highest BCUT2D eigenvalue weighted by Crippen LogP contribution is 2.20. The van der Waals surface area contributed by atoms with Gasteiger partial charge in [0.1, 0.15) is 11.5 Å². The molecule has 1 aromatic rings. The third-order valence-electron chi connectivity index (χ3n) is 2.72. The Labute approximate surface area is 109 Å². The van der Waals surface area contributed by atoms with Crippen LogP contribution < -0.4 is 10.5 Å². The van der Waals surface area contributed by atoms with E-state index in [1.807, 2.05) is 45.0 Å². The molecule has 0 bridgehead atoms. The summed E-state index contributed by atoms with van der Waals surface area (Å²) in [5.74, 6) is 1.05. The molecule has 2 N–H and O–H groups in total. The molecule has 100 valence electrons. The van der Waals surface area contributed by atoms with Crippen LogP contribution in [0.2, 0.25) is 0 Å². The van der Waals surface area contributed by atoms with Crippen LogP contribution in [0.3, 0.4) is 0 Å². The van der Waals surface area contributed by atoms with Gasteiger partial charge in [-0.25, -0.2) is 0 Å². The van der Waals surface area contributed by atoms with Gasteiger partial charge in [-0.2, -0.15) is 0 Å². The fourth-order valence-electron chi connectivity index (χ4n) is 1.47. The van der Waals surface area contributed by atoms with E-state index in [0.29, 0.717) is 19.6 Å². The summed E-state index contributed by atoms with van der Waals surface area (Å²) in [7, 11) is 0. The molecule has 0 aliphatic heterocycles. The highest BCUT2D eigenvalue weighted by atomic mass is 16.5. The van der Waals surface area contributed by atoms with E-state index in [-0.39, 0.29) is 11.2 Å². The molecular formula is C15H23NO2. The van der Waals surface area contributed by atoms with E-state index < -0.39 is 0 Å². The lowest BCUT2D eigenvalue weighted by molar-refractivity contribution is -0.125. The number of rotatable bonds is 6. The molecule has 0 aliphatic carbocycles. The second kappa shape index (κ2) is 6.55. The Morgan fingerprint density at radius 2 is 2.06 bits per heavy atom. The topological polar surface area (TPSA) is 52.3 Å². The van der Waals surface area contributed by atoms with Gasteiger partial charge in [-0.3, -0.25) is 4.79 Å². The molecule has 0 aliphatic rings. The summed E-state index contributed by atoms with van der Waals surface area (Å²) in [6, 6.07) is 7.71. The Balaban J connectivity index is 2.62. The normalized spacial score (nSPS) is 11.3. The van der Waals surface area contributed by atoms with Crippen molar-refractivity contribution in [3.8, 4) is 5.75 Å². The van der Waals surface area contributed by atoms with Crippen LogP contribution in [-0.2, 0) is 11.2 Å². The minimum atomic E-state index is -0.295. The number of carbonyl (C=O) groups is 1. The Hall–Kier alpha value is -1.35. The zero-order chi connectivity index (χ0) is 13.6. The van der Waals surface area contributed by atoms with Crippen LogP contribution in [0.15, 0.2) is 24.3 Å². The van der Waals surface area contributed by atoms with Crippen LogP contribution in [0.25, 0.3) is 0 Å². The van der Waals surface area contributed by atoms with Crippen molar-refractivity contribution in [3.05, 3.63) is 29.8 Å². The standard InChI is InChI=1S/C15H23NO2/c1-15(2,3)14(17)11-12-6-4-7-13(10-12)18-9-5-8-16/h4,6-7,10H,5,8-9,11,16H2,1-3H3. The van der Waals surface area contributed by atoms with Crippen molar-refractivity contribution in [1.29, 1.82) is 0 Å². The number of carbonyl (C=O) groups excluding carboxylic acids is 1. The Morgan fingerprint density at radius 1 is 1.33 bits per heavy atom. The van der Waals surface area contributed by atoms with Gasteiger partial charge in [0.05, 0.1) is 6.61 Å². The van der Waals surface area contributed by atoms with Gasteiger partial charge in [0, 0.05) is 11.8 Å². The van der Waals surface area contributed by atoms with Crippen LogP contribution in [0, 0.1) is 5.41 Å². The van der Waals surface area contributed by atoms with Gasteiger partial charge in [-0.1, -0.05) is 32.9 Å². The first-order chi connectivity index (χ1) is 8.43. The van der Waals surface area contributed by atoms with Crippen molar-refractivity contribution in [3.63, 3.8) is 0 Å². The molecule has 0 saturated heterocycles. The Morgan fingerprint density at radius 3 is 2.67 bits per heavy atom. The fraction of sp³-hybridized carbons (Fsp3) is 0.533. The fourth-order valence-corrected chi connectivity index (χ4v) is 1.47. The summed E-state index contributed by atoms with van der Waals surface area (Å²) in [5.41, 5.74) is 6.12. The Kier molecular flexibility index (Phi) is 5.35. The zero-order valence-corrected chi connectivity index (χ0v) is 11.5. The maximum absolute atomic E-state index is 11.9. The molecule has 0 radical (unpaired) electrons. The second-order valence-electron chi connectivity index (χ2n) is 5.49. The number of benzene rings is 1. The van der Waals surface area contributed by atoms with Gasteiger partial charge in [-0.05, 0) is 30.7 Å². The first kappa shape index (κ1) is 14.7. The van der Waals surface area contributed by atoms with Gasteiger partial charge >= 0.3 is 0 Å². The number of ether oxygens (including phenoxy) is 1. The maximum Gasteiger partial charge on any atom is 0.142 e. The predicted octanol–water partition coefficient (Wildman–Crippen LogP) is 2.57. The molecule has 0 heterocycles. The zero-order valence-electron chi connectivity index (χ0n) is 11.5. The van der Waals surface area contributed by atoms with Gasteiger partial charge < -0.3 is 10.5 Å². The van der Waals surface area contributed by atoms with Gasteiger partial charge in [0.15, 0.2) is 0 Å². The smallest absolute Gasteiger partial charge is 0.142 e. The highest BCUT2D eigenvalue weighted by Gasteiger charge is 2.21. The van der Waals surface area contributed by atoms with Crippen molar-refractivity contribution in [1.82, 2.24) is 0 Å². The van der Waals surface area contributed by atoms with E-state index in [1.54, 1.807) is 0 Å². The lowest BCUT2D eigenvalue weighted by Crippen LogP contribution is -2.22. The number of nitrogens with two attached hydrogens (primary N) is 1. The number of hydrogen-bond acceptors (Lipinski definition) is 3. The van der Waals surface area contributed by atoms with Crippen LogP contribution >= 0.6 is 0 Å². The van der Waals surface area contributed by atoms with E-state index in [9.17, 15) is 4.79 Å².